The predicted molar refractivity (Wildman–Crippen MR) is 82.1 cm³/mol. The highest BCUT2D eigenvalue weighted by atomic mass is 32.2. The van der Waals surface area contributed by atoms with E-state index in [1.807, 2.05) is 6.07 Å². The van der Waals surface area contributed by atoms with Crippen molar-refractivity contribution in [3.63, 3.8) is 0 Å². The second-order valence-corrected chi connectivity index (χ2v) is 7.09. The molecule has 4 N–H and O–H groups in total. The second-order valence-electron chi connectivity index (χ2n) is 5.52. The lowest BCUT2D eigenvalue weighted by atomic mass is 9.92. The Morgan fingerprint density at radius 1 is 1.25 bits per heavy atom. The van der Waals surface area contributed by atoms with E-state index in [9.17, 15) is 8.42 Å². The largest absolute Gasteiger partial charge is 0.399 e. The molecule has 112 valence electrons. The molecule has 1 aromatic carbocycles. The molecule has 5 nitrogen and oxygen atoms in total. The van der Waals surface area contributed by atoms with Gasteiger partial charge in [0.1, 0.15) is 0 Å². The minimum absolute atomic E-state index is 0.0863. The molecule has 0 amide bonds. The Morgan fingerprint density at radius 2 is 1.90 bits per heavy atom. The van der Waals surface area contributed by atoms with Gasteiger partial charge in [0.15, 0.2) is 0 Å². The van der Waals surface area contributed by atoms with Gasteiger partial charge < -0.3 is 10.6 Å². The molecular weight excluding hydrogens is 274 g/mol. The molecule has 0 bridgehead atoms. The van der Waals surface area contributed by atoms with Crippen LogP contribution in [-0.4, -0.2) is 21.5 Å². The highest BCUT2D eigenvalue weighted by Gasteiger charge is 2.20. The number of piperidine rings is 1. The smallest absolute Gasteiger partial charge is 0.238 e. The third-order valence-electron chi connectivity index (χ3n) is 3.92. The van der Waals surface area contributed by atoms with Crippen molar-refractivity contribution in [2.75, 3.05) is 23.7 Å². The lowest BCUT2D eigenvalue weighted by Crippen LogP contribution is -2.33. The normalized spacial score (nSPS) is 17.4. The van der Waals surface area contributed by atoms with Gasteiger partial charge in [-0.15, -0.1) is 0 Å². The van der Waals surface area contributed by atoms with Crippen LogP contribution >= 0.6 is 0 Å². The monoisotopic (exact) mass is 297 g/mol. The van der Waals surface area contributed by atoms with Crippen LogP contribution in [-0.2, 0) is 10.0 Å². The van der Waals surface area contributed by atoms with E-state index in [2.05, 4.69) is 11.8 Å². The first-order valence-corrected chi connectivity index (χ1v) is 8.63. The van der Waals surface area contributed by atoms with Crippen molar-refractivity contribution < 1.29 is 8.42 Å². The van der Waals surface area contributed by atoms with Gasteiger partial charge in [0.25, 0.3) is 0 Å². The summed E-state index contributed by atoms with van der Waals surface area (Å²) in [5, 5.41) is 5.18. The Kier molecular flexibility index (Phi) is 4.55. The molecule has 1 aliphatic heterocycles. The lowest BCUT2D eigenvalue weighted by molar-refractivity contribution is 0.378. The van der Waals surface area contributed by atoms with Crippen LogP contribution in [0, 0.1) is 5.92 Å². The SMILES string of the molecule is CCCC1CCN(c2cc(N)cc(S(N)(=O)=O)c2)CC1. The first-order valence-electron chi connectivity index (χ1n) is 7.08. The summed E-state index contributed by atoms with van der Waals surface area (Å²) in [5.74, 6) is 0.787. The van der Waals surface area contributed by atoms with Crippen molar-refractivity contribution in [1.82, 2.24) is 0 Å². The third-order valence-corrected chi connectivity index (χ3v) is 4.81. The van der Waals surface area contributed by atoms with Gasteiger partial charge >= 0.3 is 0 Å². The molecule has 1 heterocycles. The number of nitrogens with zero attached hydrogens (tertiary/aromatic N) is 1. The Hall–Kier alpha value is -1.27. The van der Waals surface area contributed by atoms with Crippen molar-refractivity contribution in [2.45, 2.75) is 37.5 Å². The highest BCUT2D eigenvalue weighted by molar-refractivity contribution is 7.89. The van der Waals surface area contributed by atoms with Crippen molar-refractivity contribution in [3.8, 4) is 0 Å². The zero-order chi connectivity index (χ0) is 14.8. The van der Waals surface area contributed by atoms with Gasteiger partial charge in [0, 0.05) is 24.5 Å². The molecular formula is C14H23N3O2S. The lowest BCUT2D eigenvalue weighted by Gasteiger charge is -2.33. The van der Waals surface area contributed by atoms with Gasteiger partial charge in [0.2, 0.25) is 10.0 Å². The Bertz CT molecular complexity index is 564. The minimum Gasteiger partial charge on any atom is -0.399 e. The molecule has 0 saturated carbocycles. The molecule has 2 rings (SSSR count). The molecule has 0 spiro atoms. The predicted octanol–water partition coefficient (Wildman–Crippen LogP) is 1.93. The third kappa shape index (κ3) is 3.64. The fourth-order valence-corrected chi connectivity index (χ4v) is 3.43. The Morgan fingerprint density at radius 3 is 2.45 bits per heavy atom. The van der Waals surface area contributed by atoms with E-state index in [1.54, 1.807) is 6.07 Å². The number of hydrogen-bond donors (Lipinski definition) is 2. The van der Waals surface area contributed by atoms with E-state index in [4.69, 9.17) is 10.9 Å². The summed E-state index contributed by atoms with van der Waals surface area (Å²) in [6.45, 7) is 4.10. The number of rotatable bonds is 4. The second kappa shape index (κ2) is 6.01. The molecule has 0 unspecified atom stereocenters. The van der Waals surface area contributed by atoms with Gasteiger partial charge in [-0.3, -0.25) is 0 Å². The molecule has 1 aliphatic rings. The molecule has 1 aromatic rings. The average molecular weight is 297 g/mol. The molecule has 0 aromatic heterocycles. The molecule has 0 aliphatic carbocycles. The van der Waals surface area contributed by atoms with Crippen molar-refractivity contribution in [1.29, 1.82) is 0 Å². The summed E-state index contributed by atoms with van der Waals surface area (Å²) in [6, 6.07) is 4.84. The maximum atomic E-state index is 11.5. The average Bonchev–Trinajstić information content (AvgIpc) is 2.38. The summed E-state index contributed by atoms with van der Waals surface area (Å²) in [5.41, 5.74) is 7.07. The van der Waals surface area contributed by atoms with Crippen LogP contribution in [0.25, 0.3) is 0 Å². The molecule has 1 fully saturated rings. The Labute approximate surface area is 121 Å². The van der Waals surface area contributed by atoms with Crippen molar-refractivity contribution >= 4 is 21.4 Å². The standard InChI is InChI=1S/C14H23N3O2S/c1-2-3-11-4-6-17(7-5-11)13-8-12(15)9-14(10-13)20(16,18)19/h8-11H,2-7,15H2,1H3,(H2,16,18,19). The zero-order valence-corrected chi connectivity index (χ0v) is 12.7. The quantitative estimate of drug-likeness (QED) is 0.831. The number of hydrogen-bond acceptors (Lipinski definition) is 4. The summed E-state index contributed by atoms with van der Waals surface area (Å²) >= 11 is 0. The van der Waals surface area contributed by atoms with Crippen molar-refractivity contribution in [2.24, 2.45) is 11.1 Å². The highest BCUT2D eigenvalue weighted by Crippen LogP contribution is 2.28. The van der Waals surface area contributed by atoms with E-state index in [1.165, 1.54) is 18.9 Å². The summed E-state index contributed by atoms with van der Waals surface area (Å²) in [7, 11) is -3.71. The Balaban J connectivity index is 2.16. The van der Waals surface area contributed by atoms with E-state index in [0.29, 0.717) is 5.69 Å². The first kappa shape index (κ1) is 15.1. The number of sulfonamides is 1. The topological polar surface area (TPSA) is 89.4 Å². The van der Waals surface area contributed by atoms with Gasteiger partial charge in [-0.05, 0) is 37.0 Å². The van der Waals surface area contributed by atoms with Crippen LogP contribution in [0.1, 0.15) is 32.6 Å². The number of anilines is 2. The van der Waals surface area contributed by atoms with Gasteiger partial charge in [-0.1, -0.05) is 19.8 Å². The van der Waals surface area contributed by atoms with Crippen LogP contribution in [0.5, 0.6) is 0 Å². The molecule has 1 saturated heterocycles. The van der Waals surface area contributed by atoms with E-state index < -0.39 is 10.0 Å². The zero-order valence-electron chi connectivity index (χ0n) is 11.9. The number of nitrogen functional groups attached to an aromatic ring is 1. The molecule has 6 heteroatoms. The summed E-state index contributed by atoms with van der Waals surface area (Å²) in [6.07, 6.45) is 4.78. The summed E-state index contributed by atoms with van der Waals surface area (Å²) in [4.78, 5) is 2.28. The summed E-state index contributed by atoms with van der Waals surface area (Å²) < 4.78 is 22.9. The van der Waals surface area contributed by atoms with Crippen LogP contribution in [0.4, 0.5) is 11.4 Å². The number of primary sulfonamides is 1. The fraction of sp³-hybridized carbons (Fsp3) is 0.571. The first-order chi connectivity index (χ1) is 9.40. The molecule has 20 heavy (non-hydrogen) atoms. The van der Waals surface area contributed by atoms with Crippen LogP contribution in [0.3, 0.4) is 0 Å². The van der Waals surface area contributed by atoms with Gasteiger partial charge in [-0.25, -0.2) is 13.6 Å². The minimum atomic E-state index is -3.71. The van der Waals surface area contributed by atoms with Gasteiger partial charge in [-0.2, -0.15) is 0 Å². The fourth-order valence-electron chi connectivity index (χ4n) is 2.84. The number of nitrogens with two attached hydrogens (primary N) is 2. The van der Waals surface area contributed by atoms with Crippen LogP contribution in [0.2, 0.25) is 0 Å². The van der Waals surface area contributed by atoms with Crippen LogP contribution in [0.15, 0.2) is 23.1 Å². The van der Waals surface area contributed by atoms with E-state index in [0.717, 1.165) is 37.5 Å². The maximum Gasteiger partial charge on any atom is 0.238 e. The molecule has 0 atom stereocenters. The van der Waals surface area contributed by atoms with Crippen molar-refractivity contribution in [3.05, 3.63) is 18.2 Å². The maximum absolute atomic E-state index is 11.5. The number of benzene rings is 1. The van der Waals surface area contributed by atoms with Crippen LogP contribution < -0.4 is 15.8 Å². The van der Waals surface area contributed by atoms with Gasteiger partial charge in [0.05, 0.1) is 4.90 Å². The van der Waals surface area contributed by atoms with E-state index >= 15 is 0 Å². The van der Waals surface area contributed by atoms with E-state index in [-0.39, 0.29) is 4.90 Å². The molecule has 0 radical (unpaired) electrons.